The lowest BCUT2D eigenvalue weighted by Crippen LogP contribution is -2.13. The molecule has 0 fully saturated rings. The molecule has 5 heteroatoms. The van der Waals surface area contributed by atoms with E-state index in [0.29, 0.717) is 0 Å². The van der Waals surface area contributed by atoms with E-state index in [1.165, 1.54) is 14.0 Å². The molecule has 1 atom stereocenters. The van der Waals surface area contributed by atoms with Gasteiger partial charge in [-0.2, -0.15) is 0 Å². The Morgan fingerprint density at radius 2 is 1.94 bits per heavy atom. The lowest BCUT2D eigenvalue weighted by Gasteiger charge is -2.14. The SMILES string of the molecule is Cc1sc(Br)cc1C(N)c1cc(Br)ccc1I. The van der Waals surface area contributed by atoms with E-state index in [4.69, 9.17) is 5.73 Å². The fraction of sp³-hybridized carbons (Fsp3) is 0.167. The molecular formula is C12H10Br2INS. The summed E-state index contributed by atoms with van der Waals surface area (Å²) in [4.78, 5) is 1.26. The summed E-state index contributed by atoms with van der Waals surface area (Å²) in [5.41, 5.74) is 8.71. The molecule has 17 heavy (non-hydrogen) atoms. The quantitative estimate of drug-likeness (QED) is 0.578. The van der Waals surface area contributed by atoms with Crippen LogP contribution in [0.4, 0.5) is 0 Å². The Morgan fingerprint density at radius 1 is 1.24 bits per heavy atom. The molecule has 0 amide bonds. The average molecular weight is 487 g/mol. The molecule has 0 aliphatic carbocycles. The predicted octanol–water partition coefficient (Wildman–Crippen LogP) is 5.23. The molecule has 90 valence electrons. The first kappa shape index (κ1) is 14.0. The predicted molar refractivity (Wildman–Crippen MR) is 89.6 cm³/mol. The van der Waals surface area contributed by atoms with Gasteiger partial charge in [0.05, 0.1) is 9.83 Å². The molecule has 0 spiro atoms. The van der Waals surface area contributed by atoms with Crippen LogP contribution in [0, 0.1) is 10.5 Å². The van der Waals surface area contributed by atoms with Gasteiger partial charge in [0.2, 0.25) is 0 Å². The van der Waals surface area contributed by atoms with Gasteiger partial charge in [-0.25, -0.2) is 0 Å². The molecule has 1 heterocycles. The first-order valence-electron chi connectivity index (χ1n) is 4.95. The maximum absolute atomic E-state index is 6.36. The molecule has 0 aliphatic heterocycles. The molecular weight excluding hydrogens is 477 g/mol. The third-order valence-electron chi connectivity index (χ3n) is 2.55. The van der Waals surface area contributed by atoms with Crippen molar-refractivity contribution in [2.24, 2.45) is 5.73 Å². The van der Waals surface area contributed by atoms with E-state index in [0.717, 1.165) is 13.8 Å². The zero-order valence-corrected chi connectivity index (χ0v) is 15.2. The second kappa shape index (κ2) is 5.69. The van der Waals surface area contributed by atoms with Gasteiger partial charge in [-0.15, -0.1) is 11.3 Å². The summed E-state index contributed by atoms with van der Waals surface area (Å²) in [5, 5.41) is 0. The third kappa shape index (κ3) is 3.12. The largest absolute Gasteiger partial charge is 0.320 e. The lowest BCUT2D eigenvalue weighted by atomic mass is 10.0. The van der Waals surface area contributed by atoms with Crippen molar-refractivity contribution in [1.29, 1.82) is 0 Å². The van der Waals surface area contributed by atoms with Gasteiger partial charge in [-0.1, -0.05) is 15.9 Å². The van der Waals surface area contributed by atoms with Crippen LogP contribution >= 0.6 is 65.8 Å². The Morgan fingerprint density at radius 3 is 2.53 bits per heavy atom. The highest BCUT2D eigenvalue weighted by molar-refractivity contribution is 14.1. The summed E-state index contributed by atoms with van der Waals surface area (Å²) < 4.78 is 3.39. The maximum atomic E-state index is 6.36. The summed E-state index contributed by atoms with van der Waals surface area (Å²) in [6, 6.07) is 8.26. The van der Waals surface area contributed by atoms with Crippen LogP contribution in [-0.4, -0.2) is 0 Å². The fourth-order valence-corrected chi connectivity index (χ4v) is 4.49. The van der Waals surface area contributed by atoms with Crippen molar-refractivity contribution in [3.8, 4) is 0 Å². The van der Waals surface area contributed by atoms with Crippen molar-refractivity contribution >= 4 is 65.8 Å². The minimum Gasteiger partial charge on any atom is -0.320 e. The molecule has 1 aromatic carbocycles. The van der Waals surface area contributed by atoms with Gasteiger partial charge in [-0.3, -0.25) is 0 Å². The number of hydrogen-bond donors (Lipinski definition) is 1. The Labute approximate surface area is 135 Å². The van der Waals surface area contributed by atoms with E-state index in [9.17, 15) is 0 Å². The topological polar surface area (TPSA) is 26.0 Å². The van der Waals surface area contributed by atoms with Gasteiger partial charge in [-0.05, 0) is 80.8 Å². The van der Waals surface area contributed by atoms with Crippen molar-refractivity contribution in [3.05, 3.63) is 52.1 Å². The third-order valence-corrected chi connectivity index (χ3v) is 5.60. The van der Waals surface area contributed by atoms with Gasteiger partial charge < -0.3 is 5.73 Å². The second-order valence-corrected chi connectivity index (χ2v) is 8.42. The van der Waals surface area contributed by atoms with Crippen molar-refractivity contribution in [1.82, 2.24) is 0 Å². The van der Waals surface area contributed by atoms with Crippen molar-refractivity contribution in [3.63, 3.8) is 0 Å². The number of nitrogens with two attached hydrogens (primary N) is 1. The van der Waals surface area contributed by atoms with Crippen molar-refractivity contribution in [2.45, 2.75) is 13.0 Å². The van der Waals surface area contributed by atoms with Gasteiger partial charge in [0.25, 0.3) is 0 Å². The van der Waals surface area contributed by atoms with Gasteiger partial charge >= 0.3 is 0 Å². The fourth-order valence-electron chi connectivity index (χ4n) is 1.69. The molecule has 2 aromatic rings. The smallest absolute Gasteiger partial charge is 0.0704 e. The van der Waals surface area contributed by atoms with Crippen molar-refractivity contribution in [2.75, 3.05) is 0 Å². The van der Waals surface area contributed by atoms with Crippen LogP contribution in [0.5, 0.6) is 0 Å². The van der Waals surface area contributed by atoms with Gasteiger partial charge in [0.15, 0.2) is 0 Å². The van der Waals surface area contributed by atoms with E-state index in [1.807, 2.05) is 6.07 Å². The Hall–Kier alpha value is 0.570. The molecule has 0 saturated heterocycles. The van der Waals surface area contributed by atoms with Crippen molar-refractivity contribution < 1.29 is 0 Å². The summed E-state index contributed by atoms with van der Waals surface area (Å²) in [7, 11) is 0. The van der Waals surface area contributed by atoms with E-state index in [2.05, 4.69) is 79.6 Å². The molecule has 2 N–H and O–H groups in total. The minimum atomic E-state index is -0.0676. The van der Waals surface area contributed by atoms with E-state index < -0.39 is 0 Å². The molecule has 1 aromatic heterocycles. The molecule has 1 nitrogen and oxygen atoms in total. The highest BCUT2D eigenvalue weighted by atomic mass is 127. The molecule has 0 aliphatic rings. The monoisotopic (exact) mass is 485 g/mol. The normalized spacial score (nSPS) is 12.8. The number of rotatable bonds is 2. The van der Waals surface area contributed by atoms with Crippen LogP contribution in [0.3, 0.4) is 0 Å². The highest BCUT2D eigenvalue weighted by Crippen LogP contribution is 2.34. The molecule has 0 bridgehead atoms. The van der Waals surface area contributed by atoms with Gasteiger partial charge in [0, 0.05) is 12.9 Å². The zero-order valence-electron chi connectivity index (χ0n) is 9.01. The van der Waals surface area contributed by atoms with E-state index >= 15 is 0 Å². The summed E-state index contributed by atoms with van der Waals surface area (Å²) in [5.74, 6) is 0. The Balaban J connectivity index is 2.46. The Kier molecular flexibility index (Phi) is 4.68. The molecule has 0 radical (unpaired) electrons. The van der Waals surface area contributed by atoms with Crippen LogP contribution in [0.15, 0.2) is 32.5 Å². The second-order valence-electron chi connectivity index (χ2n) is 3.71. The van der Waals surface area contributed by atoms with E-state index in [1.54, 1.807) is 11.3 Å². The lowest BCUT2D eigenvalue weighted by molar-refractivity contribution is 0.862. The number of thiophene rings is 1. The van der Waals surface area contributed by atoms with Gasteiger partial charge in [0.1, 0.15) is 0 Å². The number of benzene rings is 1. The molecule has 2 rings (SSSR count). The van der Waals surface area contributed by atoms with Crippen LogP contribution in [0.1, 0.15) is 22.0 Å². The standard InChI is InChI=1S/C12H10Br2INS/c1-6-8(5-11(14)17-6)12(16)9-4-7(13)2-3-10(9)15/h2-5,12H,16H2,1H3. The number of halogens is 3. The molecule has 1 unspecified atom stereocenters. The maximum Gasteiger partial charge on any atom is 0.0704 e. The summed E-state index contributed by atoms with van der Waals surface area (Å²) >= 11 is 11.1. The average Bonchev–Trinajstić information content (AvgIpc) is 2.60. The van der Waals surface area contributed by atoms with Crippen LogP contribution < -0.4 is 5.73 Å². The first-order valence-corrected chi connectivity index (χ1v) is 8.43. The first-order chi connectivity index (χ1) is 7.99. The zero-order chi connectivity index (χ0) is 12.6. The van der Waals surface area contributed by atoms with Crippen LogP contribution in [0.2, 0.25) is 0 Å². The van der Waals surface area contributed by atoms with E-state index in [-0.39, 0.29) is 6.04 Å². The Bertz CT molecular complexity index is 553. The van der Waals surface area contributed by atoms with Crippen LogP contribution in [-0.2, 0) is 0 Å². The number of aryl methyl sites for hydroxylation is 1. The van der Waals surface area contributed by atoms with Crippen LogP contribution in [0.25, 0.3) is 0 Å². The summed E-state index contributed by atoms with van der Waals surface area (Å²) in [6.45, 7) is 2.11. The number of hydrogen-bond acceptors (Lipinski definition) is 2. The molecule has 0 saturated carbocycles. The highest BCUT2D eigenvalue weighted by Gasteiger charge is 2.16. The summed E-state index contributed by atoms with van der Waals surface area (Å²) in [6.07, 6.45) is 0. The minimum absolute atomic E-state index is 0.0676.